The van der Waals surface area contributed by atoms with E-state index < -0.39 is 16.3 Å². The molecule has 2 aromatic carbocycles. The fourth-order valence-electron chi connectivity index (χ4n) is 2.86. The Bertz CT molecular complexity index is 1020. The molecule has 0 saturated carbocycles. The summed E-state index contributed by atoms with van der Waals surface area (Å²) in [6, 6.07) is 16.2. The predicted molar refractivity (Wildman–Crippen MR) is 105 cm³/mol. The van der Waals surface area contributed by atoms with Gasteiger partial charge in [0.05, 0.1) is 0 Å². The molecule has 142 valence electrons. The Labute approximate surface area is 158 Å². The SMILES string of the molecule is CNS(=O)(=O)NC(Cc1c[nH]c2ccccc12)C(=O)NCc1ccccc1. The summed E-state index contributed by atoms with van der Waals surface area (Å²) in [5.41, 5.74) is 2.74. The second-order valence-corrected chi connectivity index (χ2v) is 7.80. The zero-order chi connectivity index (χ0) is 19.3. The molecule has 1 heterocycles. The average molecular weight is 386 g/mol. The maximum atomic E-state index is 12.7. The number of nitrogens with one attached hydrogen (secondary N) is 4. The normalized spacial score (nSPS) is 12.8. The molecule has 8 heteroatoms. The fourth-order valence-corrected chi connectivity index (χ4v) is 3.55. The van der Waals surface area contributed by atoms with Crippen molar-refractivity contribution in [2.75, 3.05) is 7.05 Å². The van der Waals surface area contributed by atoms with Crippen LogP contribution in [0.5, 0.6) is 0 Å². The lowest BCUT2D eigenvalue weighted by molar-refractivity contribution is -0.122. The number of benzene rings is 2. The van der Waals surface area contributed by atoms with Gasteiger partial charge in [0, 0.05) is 30.7 Å². The van der Waals surface area contributed by atoms with Gasteiger partial charge in [-0.05, 0) is 23.6 Å². The van der Waals surface area contributed by atoms with Crippen molar-refractivity contribution in [3.8, 4) is 0 Å². The third-order valence-electron chi connectivity index (χ3n) is 4.29. The van der Waals surface area contributed by atoms with Crippen LogP contribution in [0.25, 0.3) is 10.9 Å². The van der Waals surface area contributed by atoms with Crippen LogP contribution >= 0.6 is 0 Å². The number of aromatic amines is 1. The van der Waals surface area contributed by atoms with E-state index in [2.05, 4.69) is 19.7 Å². The topological polar surface area (TPSA) is 103 Å². The quantitative estimate of drug-likeness (QED) is 0.471. The van der Waals surface area contributed by atoms with Crippen molar-refractivity contribution < 1.29 is 13.2 Å². The molecule has 0 fully saturated rings. The van der Waals surface area contributed by atoms with Crippen LogP contribution in [0, 0.1) is 0 Å². The molecule has 0 saturated heterocycles. The summed E-state index contributed by atoms with van der Waals surface area (Å²) in [7, 11) is -2.48. The van der Waals surface area contributed by atoms with E-state index in [0.717, 1.165) is 22.0 Å². The molecule has 0 spiro atoms. The first-order valence-corrected chi connectivity index (χ1v) is 10.0. The highest BCUT2D eigenvalue weighted by molar-refractivity contribution is 7.87. The van der Waals surface area contributed by atoms with Gasteiger partial charge in [-0.3, -0.25) is 4.79 Å². The van der Waals surface area contributed by atoms with Crippen molar-refractivity contribution in [2.24, 2.45) is 0 Å². The Kier molecular flexibility index (Phi) is 5.90. The molecule has 0 aliphatic heterocycles. The van der Waals surface area contributed by atoms with Crippen molar-refractivity contribution >= 4 is 27.0 Å². The summed E-state index contributed by atoms with van der Waals surface area (Å²) in [4.78, 5) is 15.8. The summed E-state index contributed by atoms with van der Waals surface area (Å²) >= 11 is 0. The van der Waals surface area contributed by atoms with Crippen LogP contribution in [0.4, 0.5) is 0 Å². The number of para-hydroxylation sites is 1. The molecule has 0 bridgehead atoms. The summed E-state index contributed by atoms with van der Waals surface area (Å²) in [6.45, 7) is 0.325. The highest BCUT2D eigenvalue weighted by Crippen LogP contribution is 2.19. The van der Waals surface area contributed by atoms with Gasteiger partial charge in [0.25, 0.3) is 10.2 Å². The molecule has 1 unspecified atom stereocenters. The van der Waals surface area contributed by atoms with Gasteiger partial charge in [0.1, 0.15) is 6.04 Å². The molecule has 1 aromatic heterocycles. The highest BCUT2D eigenvalue weighted by Gasteiger charge is 2.25. The molecule has 4 N–H and O–H groups in total. The minimum absolute atomic E-state index is 0.228. The molecule has 0 aliphatic rings. The second-order valence-electron chi connectivity index (χ2n) is 6.15. The van der Waals surface area contributed by atoms with Gasteiger partial charge in [-0.1, -0.05) is 48.5 Å². The Morgan fingerprint density at radius 2 is 1.78 bits per heavy atom. The lowest BCUT2D eigenvalue weighted by Gasteiger charge is -2.18. The standard InChI is InChI=1S/C19H22N4O3S/c1-20-27(25,26)23-18(19(24)22-12-14-7-3-2-4-8-14)11-15-13-21-17-10-6-5-9-16(15)17/h2-10,13,18,20-21,23H,11-12H2,1H3,(H,22,24). The van der Waals surface area contributed by atoms with E-state index in [-0.39, 0.29) is 12.3 Å². The number of carbonyl (C=O) groups excluding carboxylic acids is 1. The number of aromatic nitrogens is 1. The van der Waals surface area contributed by atoms with Crippen molar-refractivity contribution in [1.82, 2.24) is 19.7 Å². The molecule has 1 atom stereocenters. The average Bonchev–Trinajstić information content (AvgIpc) is 3.09. The van der Waals surface area contributed by atoms with E-state index in [4.69, 9.17) is 0 Å². The number of rotatable bonds is 8. The smallest absolute Gasteiger partial charge is 0.277 e. The Morgan fingerprint density at radius 3 is 2.52 bits per heavy atom. The van der Waals surface area contributed by atoms with Gasteiger partial charge in [0.2, 0.25) is 5.91 Å². The number of H-pyrrole nitrogens is 1. The molecule has 3 rings (SSSR count). The van der Waals surface area contributed by atoms with E-state index in [1.165, 1.54) is 7.05 Å². The monoisotopic (exact) mass is 386 g/mol. The maximum absolute atomic E-state index is 12.7. The minimum atomic E-state index is -3.77. The van der Waals surface area contributed by atoms with E-state index in [1.807, 2.05) is 54.6 Å². The van der Waals surface area contributed by atoms with Crippen molar-refractivity contribution in [1.29, 1.82) is 0 Å². The first kappa shape index (κ1) is 19.1. The zero-order valence-electron chi connectivity index (χ0n) is 14.9. The molecule has 7 nitrogen and oxygen atoms in total. The number of fused-ring (bicyclic) bond motifs is 1. The summed E-state index contributed by atoms with van der Waals surface area (Å²) in [5.74, 6) is -0.386. The van der Waals surface area contributed by atoms with Crippen LogP contribution in [-0.4, -0.2) is 32.4 Å². The Hall–Kier alpha value is -2.68. The fraction of sp³-hybridized carbons (Fsp3) is 0.211. The van der Waals surface area contributed by atoms with E-state index in [0.29, 0.717) is 6.54 Å². The van der Waals surface area contributed by atoms with Gasteiger partial charge in [-0.2, -0.15) is 13.1 Å². The van der Waals surface area contributed by atoms with Gasteiger partial charge in [-0.15, -0.1) is 0 Å². The first-order chi connectivity index (χ1) is 13.0. The van der Waals surface area contributed by atoms with Crippen LogP contribution in [0.3, 0.4) is 0 Å². The van der Waals surface area contributed by atoms with E-state index >= 15 is 0 Å². The largest absolute Gasteiger partial charge is 0.361 e. The van der Waals surface area contributed by atoms with Crippen molar-refractivity contribution in [3.63, 3.8) is 0 Å². The number of carbonyl (C=O) groups is 1. The van der Waals surface area contributed by atoms with Gasteiger partial charge in [-0.25, -0.2) is 4.72 Å². The third-order valence-corrected chi connectivity index (χ3v) is 5.42. The van der Waals surface area contributed by atoms with E-state index in [9.17, 15) is 13.2 Å². The summed E-state index contributed by atoms with van der Waals surface area (Å²) < 4.78 is 28.5. The molecular formula is C19H22N4O3S. The maximum Gasteiger partial charge on any atom is 0.277 e. The molecule has 27 heavy (non-hydrogen) atoms. The predicted octanol–water partition coefficient (Wildman–Crippen LogP) is 1.45. The van der Waals surface area contributed by atoms with Crippen LogP contribution in [-0.2, 0) is 28.0 Å². The van der Waals surface area contributed by atoms with Crippen molar-refractivity contribution in [2.45, 2.75) is 19.0 Å². The van der Waals surface area contributed by atoms with Gasteiger partial charge in [0.15, 0.2) is 0 Å². The number of hydrogen-bond donors (Lipinski definition) is 4. The lowest BCUT2D eigenvalue weighted by Crippen LogP contribution is -2.50. The van der Waals surface area contributed by atoms with Crippen LogP contribution in [0.15, 0.2) is 60.8 Å². The van der Waals surface area contributed by atoms with Gasteiger partial charge >= 0.3 is 0 Å². The zero-order valence-corrected chi connectivity index (χ0v) is 15.7. The minimum Gasteiger partial charge on any atom is -0.361 e. The van der Waals surface area contributed by atoms with Crippen LogP contribution in [0.1, 0.15) is 11.1 Å². The Balaban J connectivity index is 1.78. The molecule has 1 amide bonds. The summed E-state index contributed by atoms with van der Waals surface area (Å²) in [5, 5.41) is 3.76. The highest BCUT2D eigenvalue weighted by atomic mass is 32.2. The van der Waals surface area contributed by atoms with E-state index in [1.54, 1.807) is 6.20 Å². The number of hydrogen-bond acceptors (Lipinski definition) is 3. The van der Waals surface area contributed by atoms with Gasteiger partial charge < -0.3 is 10.3 Å². The molecule has 0 aliphatic carbocycles. The number of amides is 1. The molecule has 3 aromatic rings. The van der Waals surface area contributed by atoms with Crippen LogP contribution < -0.4 is 14.8 Å². The van der Waals surface area contributed by atoms with Crippen molar-refractivity contribution in [3.05, 3.63) is 71.9 Å². The molecular weight excluding hydrogens is 364 g/mol. The molecule has 0 radical (unpaired) electrons. The summed E-state index contributed by atoms with van der Waals surface area (Å²) in [6.07, 6.45) is 2.03. The second kappa shape index (κ2) is 8.34. The first-order valence-electron chi connectivity index (χ1n) is 8.56. The lowest BCUT2D eigenvalue weighted by atomic mass is 10.0. The Morgan fingerprint density at radius 1 is 1.07 bits per heavy atom. The third kappa shape index (κ3) is 4.94. The van der Waals surface area contributed by atoms with Crippen LogP contribution in [0.2, 0.25) is 0 Å².